The first-order valence-corrected chi connectivity index (χ1v) is 16.0. The Bertz CT molecular complexity index is 1630. The minimum atomic E-state index is -4.27. The predicted molar refractivity (Wildman–Crippen MR) is 161 cm³/mol. The van der Waals surface area contributed by atoms with Crippen LogP contribution in [-0.4, -0.2) is 45.5 Å². The van der Waals surface area contributed by atoms with Crippen molar-refractivity contribution in [3.63, 3.8) is 0 Å². The van der Waals surface area contributed by atoms with Gasteiger partial charge in [-0.2, -0.15) is 5.09 Å². The number of esters is 1. The zero-order valence-electron chi connectivity index (χ0n) is 25.1. The van der Waals surface area contributed by atoms with Gasteiger partial charge < -0.3 is 19.1 Å². The number of aromatic amines is 1. The third-order valence-electron chi connectivity index (χ3n) is 7.95. The average molecular weight is 628 g/mol. The highest BCUT2D eigenvalue weighted by Gasteiger charge is 2.64. The number of aliphatic hydroxyl groups is 1. The van der Waals surface area contributed by atoms with E-state index in [0.717, 1.165) is 11.1 Å². The molecule has 2 fully saturated rings. The number of carbonyl (C=O) groups excluding carboxylic acids is 1. The molecule has 5 rings (SSSR count). The second kappa shape index (κ2) is 12.5. The number of aliphatic hydroxyl groups excluding tert-OH is 1. The standard InChI is InChI=1S/C31H38N3O9P/c1-20(27(37)40-18-21-8-6-5-7-9-21)33-44(39,43-23-12-10-22(11-13-23)30(2,3)4)41-19-24-26(36)31(15-16-31)28(42-24)34-17-14-25(35)32-29(34)38/h5-14,17,20,24,26,28,36H,15-16,18-19H2,1-4H3,(H,33,39)(H,32,35,38)/t20-,24+,26+,28+,44?/m0/s1. The molecule has 5 atom stereocenters. The molecule has 236 valence electrons. The van der Waals surface area contributed by atoms with E-state index in [-0.39, 0.29) is 24.4 Å². The minimum absolute atomic E-state index is 0.0294. The molecule has 2 heterocycles. The Hall–Kier alpha value is -3.54. The number of rotatable bonds is 11. The van der Waals surface area contributed by atoms with E-state index in [1.54, 1.807) is 12.1 Å². The average Bonchev–Trinajstić information content (AvgIpc) is 3.73. The molecule has 13 heteroatoms. The predicted octanol–water partition coefficient (Wildman–Crippen LogP) is 3.80. The van der Waals surface area contributed by atoms with E-state index in [9.17, 15) is 24.1 Å². The number of nitrogens with zero attached hydrogens (tertiary/aromatic N) is 1. The summed E-state index contributed by atoms with van der Waals surface area (Å²) < 4.78 is 38.5. The van der Waals surface area contributed by atoms with Gasteiger partial charge in [0.2, 0.25) is 0 Å². The lowest BCUT2D eigenvalue weighted by Crippen LogP contribution is -2.37. The van der Waals surface area contributed by atoms with Crippen molar-refractivity contribution >= 4 is 13.7 Å². The number of nitrogens with one attached hydrogen (secondary N) is 2. The second-order valence-electron chi connectivity index (χ2n) is 12.3. The van der Waals surface area contributed by atoms with Gasteiger partial charge in [-0.1, -0.05) is 63.2 Å². The fourth-order valence-corrected chi connectivity index (χ4v) is 6.73. The molecule has 0 bridgehead atoms. The highest BCUT2D eigenvalue weighted by Crippen LogP contribution is 2.62. The van der Waals surface area contributed by atoms with E-state index < -0.39 is 54.9 Å². The zero-order valence-corrected chi connectivity index (χ0v) is 26.0. The van der Waals surface area contributed by atoms with E-state index in [1.807, 2.05) is 42.5 Å². The molecular formula is C31H38N3O9P. The van der Waals surface area contributed by atoms with Gasteiger partial charge in [0.05, 0.1) is 12.7 Å². The normalized spacial score (nSPS) is 22.7. The van der Waals surface area contributed by atoms with Crippen LogP contribution in [0, 0.1) is 5.41 Å². The molecule has 3 N–H and O–H groups in total. The van der Waals surface area contributed by atoms with E-state index in [0.29, 0.717) is 12.8 Å². The molecule has 1 aliphatic heterocycles. The molecule has 0 radical (unpaired) electrons. The highest BCUT2D eigenvalue weighted by atomic mass is 31.2. The lowest BCUT2D eigenvalue weighted by atomic mass is 9.87. The molecule has 1 aromatic heterocycles. The third-order valence-corrected chi connectivity index (χ3v) is 9.60. The summed E-state index contributed by atoms with van der Waals surface area (Å²) in [5.41, 5.74) is -0.267. The Kier molecular flexibility index (Phi) is 9.02. The first-order chi connectivity index (χ1) is 20.8. The van der Waals surface area contributed by atoms with Crippen molar-refractivity contribution in [2.45, 2.75) is 77.0 Å². The smallest absolute Gasteiger partial charge is 0.459 e. The molecule has 1 unspecified atom stereocenters. The van der Waals surface area contributed by atoms with Crippen LogP contribution < -0.4 is 20.9 Å². The summed E-state index contributed by atoms with van der Waals surface area (Å²) >= 11 is 0. The van der Waals surface area contributed by atoms with E-state index in [1.165, 1.54) is 23.8 Å². The number of hydrogen-bond acceptors (Lipinski definition) is 9. The summed E-state index contributed by atoms with van der Waals surface area (Å²) in [6.07, 6.45) is -0.417. The maximum Gasteiger partial charge on any atom is 0.459 e. The van der Waals surface area contributed by atoms with Gasteiger partial charge in [0, 0.05) is 17.7 Å². The van der Waals surface area contributed by atoms with Crippen LogP contribution in [0.4, 0.5) is 0 Å². The maximum absolute atomic E-state index is 14.1. The van der Waals surface area contributed by atoms with E-state index in [4.69, 9.17) is 18.5 Å². The summed E-state index contributed by atoms with van der Waals surface area (Å²) in [6, 6.07) is 16.3. The third kappa shape index (κ3) is 7.06. The van der Waals surface area contributed by atoms with Crippen LogP contribution in [0.2, 0.25) is 0 Å². The first kappa shape index (κ1) is 31.9. The van der Waals surface area contributed by atoms with Gasteiger partial charge in [0.15, 0.2) is 0 Å². The topological polar surface area (TPSA) is 158 Å². The monoisotopic (exact) mass is 627 g/mol. The summed E-state index contributed by atoms with van der Waals surface area (Å²) in [5.74, 6) is -0.432. The van der Waals surface area contributed by atoms with Crippen LogP contribution >= 0.6 is 7.75 Å². The Morgan fingerprint density at radius 1 is 1.14 bits per heavy atom. The quantitative estimate of drug-likeness (QED) is 0.211. The van der Waals surface area contributed by atoms with Crippen molar-refractivity contribution in [3.05, 3.63) is 98.8 Å². The molecule has 0 amide bonds. The molecule has 44 heavy (non-hydrogen) atoms. The van der Waals surface area contributed by atoms with Crippen LogP contribution in [0.5, 0.6) is 5.75 Å². The lowest BCUT2D eigenvalue weighted by molar-refractivity contribution is -0.146. The van der Waals surface area contributed by atoms with Crippen LogP contribution in [0.15, 0.2) is 76.4 Å². The van der Waals surface area contributed by atoms with E-state index >= 15 is 0 Å². The van der Waals surface area contributed by atoms with Crippen LogP contribution in [0.3, 0.4) is 0 Å². The number of benzene rings is 2. The molecule has 1 saturated heterocycles. The zero-order chi connectivity index (χ0) is 31.7. The first-order valence-electron chi connectivity index (χ1n) is 14.5. The largest absolute Gasteiger partial charge is 0.460 e. The molecule has 3 aromatic rings. The molecular weight excluding hydrogens is 589 g/mol. The molecule has 1 aliphatic carbocycles. The van der Waals surface area contributed by atoms with Crippen molar-refractivity contribution in [1.82, 2.24) is 14.6 Å². The Morgan fingerprint density at radius 3 is 2.43 bits per heavy atom. The Labute approximate surface area is 254 Å². The van der Waals surface area contributed by atoms with Gasteiger partial charge in [-0.25, -0.2) is 9.36 Å². The molecule has 2 aliphatic rings. The highest BCUT2D eigenvalue weighted by molar-refractivity contribution is 7.52. The number of ether oxygens (including phenoxy) is 2. The van der Waals surface area contributed by atoms with Crippen molar-refractivity contribution in [2.24, 2.45) is 5.41 Å². The van der Waals surface area contributed by atoms with Crippen LogP contribution in [0.25, 0.3) is 0 Å². The minimum Gasteiger partial charge on any atom is -0.460 e. The van der Waals surface area contributed by atoms with Gasteiger partial charge in [-0.05, 0) is 48.4 Å². The number of carbonyl (C=O) groups is 1. The molecule has 1 saturated carbocycles. The van der Waals surface area contributed by atoms with Crippen LogP contribution in [-0.2, 0) is 35.4 Å². The van der Waals surface area contributed by atoms with Gasteiger partial charge in [-0.15, -0.1) is 0 Å². The number of aromatic nitrogens is 2. The number of hydrogen-bond donors (Lipinski definition) is 3. The summed E-state index contributed by atoms with van der Waals surface area (Å²) in [7, 11) is -4.27. The maximum atomic E-state index is 14.1. The summed E-state index contributed by atoms with van der Waals surface area (Å²) in [6.45, 7) is 7.32. The Morgan fingerprint density at radius 2 is 1.82 bits per heavy atom. The van der Waals surface area contributed by atoms with Crippen LogP contribution in [0.1, 0.15) is 57.9 Å². The van der Waals surface area contributed by atoms with Gasteiger partial charge in [0.1, 0.15) is 30.7 Å². The fraction of sp³-hybridized carbons (Fsp3) is 0.452. The summed E-state index contributed by atoms with van der Waals surface area (Å²) in [4.78, 5) is 39.1. The van der Waals surface area contributed by atoms with Gasteiger partial charge in [0.25, 0.3) is 5.56 Å². The number of H-pyrrole nitrogens is 1. The van der Waals surface area contributed by atoms with Crippen molar-refractivity contribution in [3.8, 4) is 5.75 Å². The fourth-order valence-electron chi connectivity index (χ4n) is 5.22. The molecule has 1 spiro atoms. The molecule has 12 nitrogen and oxygen atoms in total. The second-order valence-corrected chi connectivity index (χ2v) is 14.0. The summed E-state index contributed by atoms with van der Waals surface area (Å²) in [5, 5.41) is 13.8. The van der Waals surface area contributed by atoms with Crippen molar-refractivity contribution in [2.75, 3.05) is 6.61 Å². The Balaban J connectivity index is 1.32. The van der Waals surface area contributed by atoms with Gasteiger partial charge >= 0.3 is 19.4 Å². The molecule has 2 aromatic carbocycles. The van der Waals surface area contributed by atoms with Gasteiger partial charge in [-0.3, -0.25) is 23.7 Å². The van der Waals surface area contributed by atoms with Crippen molar-refractivity contribution < 1.29 is 33.0 Å². The van der Waals surface area contributed by atoms with Crippen molar-refractivity contribution in [1.29, 1.82) is 0 Å². The SMILES string of the molecule is C[C@H](NP(=O)(OC[C@H]1O[C@@H](n2ccc(=O)[nH]c2=O)C2(CC2)[C@@H]1O)Oc1ccc(C(C)(C)C)cc1)C(=O)OCc1ccccc1. The van der Waals surface area contributed by atoms with E-state index in [2.05, 4.69) is 30.8 Å². The lowest BCUT2D eigenvalue weighted by Gasteiger charge is -2.25.